The average molecular weight is 353 g/mol. The second-order valence-corrected chi connectivity index (χ2v) is 8.04. The van der Waals surface area contributed by atoms with E-state index in [1.54, 1.807) is 6.20 Å². The van der Waals surface area contributed by atoms with Crippen LogP contribution in [0.25, 0.3) is 0 Å². The number of aromatic nitrogens is 1. The maximum Gasteiger partial charge on any atom is 0.322 e. The number of nitrogens with zero attached hydrogens (tertiary/aromatic N) is 3. The van der Waals surface area contributed by atoms with Crippen LogP contribution in [0.2, 0.25) is 0 Å². The van der Waals surface area contributed by atoms with E-state index in [1.165, 1.54) is 11.2 Å². The van der Waals surface area contributed by atoms with Gasteiger partial charge in [0.1, 0.15) is 11.4 Å². The summed E-state index contributed by atoms with van der Waals surface area (Å²) in [6.45, 7) is 3.07. The van der Waals surface area contributed by atoms with Gasteiger partial charge in [0.05, 0.1) is 5.75 Å². The van der Waals surface area contributed by atoms with E-state index in [1.807, 2.05) is 23.1 Å². The van der Waals surface area contributed by atoms with Gasteiger partial charge in [-0.05, 0) is 19.1 Å². The summed E-state index contributed by atoms with van der Waals surface area (Å²) in [5, 5.41) is 4.46. The monoisotopic (exact) mass is 353 g/mol. The van der Waals surface area contributed by atoms with Gasteiger partial charge in [0.2, 0.25) is 10.0 Å². The summed E-state index contributed by atoms with van der Waals surface area (Å²) >= 11 is 0. The van der Waals surface area contributed by atoms with Gasteiger partial charge in [-0.3, -0.25) is 10.1 Å². The summed E-state index contributed by atoms with van der Waals surface area (Å²) in [5.74, 6) is -0.270. The van der Waals surface area contributed by atoms with Crippen LogP contribution in [-0.4, -0.2) is 67.1 Å². The van der Waals surface area contributed by atoms with E-state index >= 15 is 0 Å². The summed E-state index contributed by atoms with van der Waals surface area (Å²) in [7, 11) is -3.68. The molecule has 3 amide bonds. The predicted molar refractivity (Wildman–Crippen MR) is 86.9 cm³/mol. The molecular weight excluding hydrogens is 334 g/mol. The third-order valence-corrected chi connectivity index (χ3v) is 6.29. The summed E-state index contributed by atoms with van der Waals surface area (Å²) in [4.78, 5) is 29.3. The van der Waals surface area contributed by atoms with Gasteiger partial charge < -0.3 is 10.2 Å². The molecule has 2 N–H and O–H groups in total. The minimum absolute atomic E-state index is 0.310. The van der Waals surface area contributed by atoms with Crippen molar-refractivity contribution >= 4 is 27.8 Å². The Morgan fingerprint density at radius 1 is 1.21 bits per heavy atom. The van der Waals surface area contributed by atoms with Crippen molar-refractivity contribution in [3.63, 3.8) is 0 Å². The van der Waals surface area contributed by atoms with Gasteiger partial charge in [-0.1, -0.05) is 6.07 Å². The summed E-state index contributed by atoms with van der Waals surface area (Å²) in [6.07, 6.45) is 1.70. The zero-order valence-electron chi connectivity index (χ0n) is 13.2. The standard InChI is InChI=1S/C14H19N5O4S/c1-14(12(20)16-13(21)17-14)10-24(22,23)19-8-6-18(7-9-19)11-4-2-3-5-15-11/h2-5H,6-10H2,1H3,(H2,16,17,20,21). The van der Waals surface area contributed by atoms with Gasteiger partial charge in [0, 0.05) is 32.4 Å². The molecule has 1 unspecified atom stereocenters. The lowest BCUT2D eigenvalue weighted by molar-refractivity contribution is -0.122. The summed E-state index contributed by atoms with van der Waals surface area (Å²) in [6, 6.07) is 4.92. The number of carbonyl (C=O) groups excluding carboxylic acids is 2. The molecule has 0 aliphatic carbocycles. The first kappa shape index (κ1) is 16.7. The predicted octanol–water partition coefficient (Wildman–Crippen LogP) is -0.868. The Labute approximate surface area is 140 Å². The molecule has 2 aliphatic rings. The first-order valence-electron chi connectivity index (χ1n) is 7.58. The molecular formula is C14H19N5O4S. The number of carbonyl (C=O) groups is 2. The van der Waals surface area contributed by atoms with Crippen LogP contribution in [0, 0.1) is 0 Å². The molecule has 0 spiro atoms. The van der Waals surface area contributed by atoms with Crippen LogP contribution in [0.15, 0.2) is 24.4 Å². The Bertz CT molecular complexity index is 746. The van der Waals surface area contributed by atoms with E-state index < -0.39 is 33.3 Å². The first-order valence-corrected chi connectivity index (χ1v) is 9.18. The van der Waals surface area contributed by atoms with Crippen LogP contribution in [0.1, 0.15) is 6.92 Å². The van der Waals surface area contributed by atoms with Crippen molar-refractivity contribution in [3.8, 4) is 0 Å². The third kappa shape index (κ3) is 3.20. The van der Waals surface area contributed by atoms with Crippen molar-refractivity contribution in [3.05, 3.63) is 24.4 Å². The van der Waals surface area contributed by atoms with Gasteiger partial charge in [-0.2, -0.15) is 4.31 Å². The fourth-order valence-electron chi connectivity index (χ4n) is 2.87. The zero-order chi connectivity index (χ0) is 17.4. The highest BCUT2D eigenvalue weighted by atomic mass is 32.2. The average Bonchev–Trinajstić information content (AvgIpc) is 2.79. The van der Waals surface area contributed by atoms with E-state index in [4.69, 9.17) is 0 Å². The van der Waals surface area contributed by atoms with Gasteiger partial charge in [-0.15, -0.1) is 0 Å². The lowest BCUT2D eigenvalue weighted by Gasteiger charge is -2.35. The highest BCUT2D eigenvalue weighted by Gasteiger charge is 2.46. The van der Waals surface area contributed by atoms with Gasteiger partial charge in [-0.25, -0.2) is 18.2 Å². The van der Waals surface area contributed by atoms with E-state index in [2.05, 4.69) is 15.6 Å². The number of sulfonamides is 1. The lowest BCUT2D eigenvalue weighted by atomic mass is 10.1. The van der Waals surface area contributed by atoms with E-state index in [-0.39, 0.29) is 0 Å². The van der Waals surface area contributed by atoms with Crippen LogP contribution in [0.5, 0.6) is 0 Å². The van der Waals surface area contributed by atoms with Gasteiger partial charge >= 0.3 is 6.03 Å². The number of amides is 3. The second kappa shape index (κ2) is 6.02. The fraction of sp³-hybridized carbons (Fsp3) is 0.500. The number of hydrogen-bond donors (Lipinski definition) is 2. The molecule has 2 fully saturated rings. The van der Waals surface area contributed by atoms with Crippen LogP contribution >= 0.6 is 0 Å². The molecule has 0 bridgehead atoms. The molecule has 2 aliphatic heterocycles. The molecule has 24 heavy (non-hydrogen) atoms. The van der Waals surface area contributed by atoms with Crippen molar-refractivity contribution in [2.45, 2.75) is 12.5 Å². The zero-order valence-corrected chi connectivity index (χ0v) is 14.0. The minimum atomic E-state index is -3.68. The molecule has 0 radical (unpaired) electrons. The van der Waals surface area contributed by atoms with Crippen LogP contribution in [0.3, 0.4) is 0 Å². The lowest BCUT2D eigenvalue weighted by Crippen LogP contribution is -2.55. The number of nitrogens with one attached hydrogen (secondary N) is 2. The maximum atomic E-state index is 12.6. The molecule has 9 nitrogen and oxygen atoms in total. The Balaban J connectivity index is 1.65. The Morgan fingerprint density at radius 2 is 1.92 bits per heavy atom. The SMILES string of the molecule is CC1(CS(=O)(=O)N2CCN(c3ccccn3)CC2)NC(=O)NC1=O. The Hall–Kier alpha value is -2.20. The van der Waals surface area contributed by atoms with Crippen molar-refractivity contribution in [1.82, 2.24) is 19.9 Å². The molecule has 0 aromatic carbocycles. The molecule has 2 saturated heterocycles. The maximum absolute atomic E-state index is 12.6. The number of urea groups is 1. The van der Waals surface area contributed by atoms with Crippen molar-refractivity contribution in [2.24, 2.45) is 0 Å². The number of pyridine rings is 1. The van der Waals surface area contributed by atoms with E-state index in [0.717, 1.165) is 5.82 Å². The third-order valence-electron chi connectivity index (χ3n) is 4.19. The molecule has 0 saturated carbocycles. The molecule has 1 atom stereocenters. The van der Waals surface area contributed by atoms with Crippen molar-refractivity contribution in [1.29, 1.82) is 0 Å². The highest BCUT2D eigenvalue weighted by Crippen LogP contribution is 2.19. The smallest absolute Gasteiger partial charge is 0.322 e. The van der Waals surface area contributed by atoms with Gasteiger partial charge in [0.15, 0.2) is 0 Å². The topological polar surface area (TPSA) is 112 Å². The summed E-state index contributed by atoms with van der Waals surface area (Å²) < 4.78 is 26.6. The molecule has 1 aromatic rings. The van der Waals surface area contributed by atoms with Crippen molar-refractivity contribution < 1.29 is 18.0 Å². The Kier molecular flexibility index (Phi) is 4.18. The van der Waals surface area contributed by atoms with Crippen LogP contribution in [0.4, 0.5) is 10.6 Å². The first-order chi connectivity index (χ1) is 11.3. The molecule has 130 valence electrons. The minimum Gasteiger partial charge on any atom is -0.354 e. The quantitative estimate of drug-likeness (QED) is 0.681. The Morgan fingerprint density at radius 3 is 2.46 bits per heavy atom. The normalized spacial score (nSPS) is 25.5. The highest BCUT2D eigenvalue weighted by molar-refractivity contribution is 7.89. The molecule has 1 aromatic heterocycles. The number of rotatable bonds is 4. The summed E-state index contributed by atoms with van der Waals surface area (Å²) in [5.41, 5.74) is -1.44. The molecule has 3 heterocycles. The van der Waals surface area contributed by atoms with Crippen LogP contribution < -0.4 is 15.5 Å². The largest absolute Gasteiger partial charge is 0.354 e. The van der Waals surface area contributed by atoms with Crippen molar-refractivity contribution in [2.75, 3.05) is 36.8 Å². The molecule has 10 heteroatoms. The number of piperazine rings is 1. The van der Waals surface area contributed by atoms with E-state index in [9.17, 15) is 18.0 Å². The van der Waals surface area contributed by atoms with Gasteiger partial charge in [0.25, 0.3) is 5.91 Å². The van der Waals surface area contributed by atoms with E-state index in [0.29, 0.717) is 26.2 Å². The number of anilines is 1. The van der Waals surface area contributed by atoms with Crippen LogP contribution in [-0.2, 0) is 14.8 Å². The molecule has 3 rings (SSSR count). The number of hydrogen-bond acceptors (Lipinski definition) is 6. The fourth-order valence-corrected chi connectivity index (χ4v) is 4.71. The second-order valence-electron chi connectivity index (χ2n) is 6.07. The number of imide groups is 1.